The minimum Gasteiger partial charge on any atom is -0.491 e. The average molecular weight is 354 g/mol. The summed E-state index contributed by atoms with van der Waals surface area (Å²) < 4.78 is 5.66. The fourth-order valence-electron chi connectivity index (χ4n) is 2.21. The summed E-state index contributed by atoms with van der Waals surface area (Å²) in [5.74, 6) is -0.188. The minimum absolute atomic E-state index is 0.136. The van der Waals surface area contributed by atoms with Gasteiger partial charge in [0, 0.05) is 11.6 Å². The topological polar surface area (TPSA) is 87.7 Å². The van der Waals surface area contributed by atoms with Gasteiger partial charge in [0.15, 0.2) is 0 Å². The molecule has 2 rings (SSSR count). The van der Waals surface area contributed by atoms with Crippen LogP contribution in [-0.2, 0) is 4.79 Å². The van der Waals surface area contributed by atoms with E-state index in [1.807, 2.05) is 37.3 Å². The highest BCUT2D eigenvalue weighted by molar-refractivity contribution is 5.93. The largest absolute Gasteiger partial charge is 0.491 e. The van der Waals surface area contributed by atoms with Crippen LogP contribution in [0.3, 0.4) is 0 Å². The molecular weight excluding hydrogens is 332 g/mol. The molecule has 0 aromatic heterocycles. The molecule has 0 saturated heterocycles. The van der Waals surface area contributed by atoms with E-state index in [1.165, 1.54) is 6.08 Å². The molecule has 0 aliphatic rings. The molecule has 1 atom stereocenters. The van der Waals surface area contributed by atoms with E-state index in [0.717, 1.165) is 12.0 Å². The van der Waals surface area contributed by atoms with Crippen LogP contribution < -0.4 is 15.5 Å². The number of carbonyl (C=O) groups excluding carboxylic acids is 2. The summed E-state index contributed by atoms with van der Waals surface area (Å²) in [6.07, 6.45) is 3.98. The molecule has 2 amide bonds. The molecule has 0 fully saturated rings. The average Bonchev–Trinajstić information content (AvgIpc) is 2.70. The molecule has 0 unspecified atom stereocenters. The van der Waals surface area contributed by atoms with Crippen molar-refractivity contribution in [1.29, 1.82) is 0 Å². The first kappa shape index (κ1) is 19.2. The van der Waals surface area contributed by atoms with Gasteiger partial charge in [-0.2, -0.15) is 0 Å². The number of carbonyl (C=O) groups is 2. The third-order valence-electron chi connectivity index (χ3n) is 3.74. The standard InChI is InChI=1S/C20H22N2O4/c1-2-17(21-19(23)13-8-15-6-4-3-5-7-15)14-26-18-11-9-16(10-12-18)20(24)22-25/h3-13,17,25H,2,14H2,1H3,(H,21,23)(H,22,24)/b13-8+/t17-/m1/s1. The predicted molar refractivity (Wildman–Crippen MR) is 98.9 cm³/mol. The maximum atomic E-state index is 12.0. The smallest absolute Gasteiger partial charge is 0.274 e. The van der Waals surface area contributed by atoms with E-state index >= 15 is 0 Å². The SMILES string of the molecule is CC[C@H](COc1ccc(C(=O)NO)cc1)NC(=O)/C=C/c1ccccc1. The van der Waals surface area contributed by atoms with Gasteiger partial charge in [-0.3, -0.25) is 14.8 Å². The van der Waals surface area contributed by atoms with E-state index in [-0.39, 0.29) is 11.9 Å². The van der Waals surface area contributed by atoms with Gasteiger partial charge in [0.2, 0.25) is 5.91 Å². The molecule has 0 saturated carbocycles. The highest BCUT2D eigenvalue weighted by Gasteiger charge is 2.10. The molecule has 2 aromatic carbocycles. The number of amides is 2. The Balaban J connectivity index is 1.84. The third-order valence-corrected chi connectivity index (χ3v) is 3.74. The van der Waals surface area contributed by atoms with Gasteiger partial charge < -0.3 is 10.1 Å². The van der Waals surface area contributed by atoms with Crippen LogP contribution in [0, 0.1) is 0 Å². The molecule has 26 heavy (non-hydrogen) atoms. The number of ether oxygens (including phenoxy) is 1. The molecule has 2 aromatic rings. The Kier molecular flexibility index (Phi) is 7.39. The molecule has 0 spiro atoms. The number of hydrogen-bond donors (Lipinski definition) is 3. The van der Waals surface area contributed by atoms with Gasteiger partial charge >= 0.3 is 0 Å². The van der Waals surface area contributed by atoms with Crippen LogP contribution in [0.15, 0.2) is 60.7 Å². The first-order chi connectivity index (χ1) is 12.6. The van der Waals surface area contributed by atoms with Crippen molar-refractivity contribution >= 4 is 17.9 Å². The van der Waals surface area contributed by atoms with Gasteiger partial charge in [-0.25, -0.2) is 5.48 Å². The fraction of sp³-hybridized carbons (Fsp3) is 0.200. The summed E-state index contributed by atoms with van der Waals surface area (Å²) in [7, 11) is 0. The zero-order valence-corrected chi connectivity index (χ0v) is 14.5. The first-order valence-corrected chi connectivity index (χ1v) is 8.33. The van der Waals surface area contributed by atoms with E-state index < -0.39 is 5.91 Å². The normalized spacial score (nSPS) is 11.8. The maximum Gasteiger partial charge on any atom is 0.274 e. The lowest BCUT2D eigenvalue weighted by molar-refractivity contribution is -0.117. The number of rotatable bonds is 8. The van der Waals surface area contributed by atoms with E-state index in [4.69, 9.17) is 9.94 Å². The lowest BCUT2D eigenvalue weighted by Gasteiger charge is -2.17. The van der Waals surface area contributed by atoms with Crippen LogP contribution in [0.5, 0.6) is 5.75 Å². The van der Waals surface area contributed by atoms with Crippen LogP contribution >= 0.6 is 0 Å². The lowest BCUT2D eigenvalue weighted by Crippen LogP contribution is -2.37. The molecule has 6 nitrogen and oxygen atoms in total. The van der Waals surface area contributed by atoms with E-state index in [2.05, 4.69) is 5.32 Å². The second kappa shape index (κ2) is 10.0. The molecule has 0 bridgehead atoms. The zero-order valence-electron chi connectivity index (χ0n) is 14.5. The van der Waals surface area contributed by atoms with Gasteiger partial charge in [0.05, 0.1) is 6.04 Å². The molecule has 0 aliphatic heterocycles. The molecule has 136 valence electrons. The molecule has 0 aliphatic carbocycles. The lowest BCUT2D eigenvalue weighted by atomic mass is 10.2. The number of hydrogen-bond acceptors (Lipinski definition) is 4. The molecule has 0 radical (unpaired) electrons. The Labute approximate surface area is 152 Å². The number of hydroxylamine groups is 1. The summed E-state index contributed by atoms with van der Waals surface area (Å²) in [6.45, 7) is 2.27. The minimum atomic E-state index is -0.583. The van der Waals surface area contributed by atoms with Crippen LogP contribution in [0.2, 0.25) is 0 Å². The summed E-state index contributed by atoms with van der Waals surface area (Å²) in [6, 6.07) is 15.8. The predicted octanol–water partition coefficient (Wildman–Crippen LogP) is 2.79. The third kappa shape index (κ3) is 6.07. The zero-order chi connectivity index (χ0) is 18.8. The highest BCUT2D eigenvalue weighted by atomic mass is 16.5. The van der Waals surface area contributed by atoms with Crippen molar-refractivity contribution in [2.75, 3.05) is 6.61 Å². The fourth-order valence-corrected chi connectivity index (χ4v) is 2.21. The Hall–Kier alpha value is -3.12. The van der Waals surface area contributed by atoms with Crippen LogP contribution in [-0.4, -0.2) is 29.7 Å². The number of nitrogens with one attached hydrogen (secondary N) is 2. The van der Waals surface area contributed by atoms with Crippen molar-refractivity contribution in [1.82, 2.24) is 10.8 Å². The van der Waals surface area contributed by atoms with Crippen LogP contribution in [0.25, 0.3) is 6.08 Å². The van der Waals surface area contributed by atoms with Crippen molar-refractivity contribution in [2.24, 2.45) is 0 Å². The Morgan fingerprint density at radius 2 is 1.81 bits per heavy atom. The van der Waals surface area contributed by atoms with E-state index in [1.54, 1.807) is 35.8 Å². The molecule has 6 heteroatoms. The monoisotopic (exact) mass is 354 g/mol. The Bertz CT molecular complexity index is 742. The summed E-state index contributed by atoms with van der Waals surface area (Å²) in [4.78, 5) is 23.3. The second-order valence-electron chi connectivity index (χ2n) is 5.63. The van der Waals surface area contributed by atoms with Crippen molar-refractivity contribution in [2.45, 2.75) is 19.4 Å². The second-order valence-corrected chi connectivity index (χ2v) is 5.63. The highest BCUT2D eigenvalue weighted by Crippen LogP contribution is 2.13. The van der Waals surface area contributed by atoms with Gasteiger partial charge in [-0.05, 0) is 42.3 Å². The van der Waals surface area contributed by atoms with Gasteiger partial charge in [0.25, 0.3) is 5.91 Å². The Morgan fingerprint density at radius 1 is 1.12 bits per heavy atom. The van der Waals surface area contributed by atoms with Crippen molar-refractivity contribution in [3.05, 3.63) is 71.8 Å². The van der Waals surface area contributed by atoms with Crippen molar-refractivity contribution in [3.63, 3.8) is 0 Å². The van der Waals surface area contributed by atoms with Gasteiger partial charge in [-0.15, -0.1) is 0 Å². The summed E-state index contributed by atoms with van der Waals surface area (Å²) in [5, 5.41) is 11.5. The van der Waals surface area contributed by atoms with Gasteiger partial charge in [-0.1, -0.05) is 37.3 Å². The molecule has 0 heterocycles. The first-order valence-electron chi connectivity index (χ1n) is 8.33. The van der Waals surface area contributed by atoms with E-state index in [9.17, 15) is 9.59 Å². The Morgan fingerprint density at radius 3 is 2.42 bits per heavy atom. The number of benzene rings is 2. The van der Waals surface area contributed by atoms with Crippen molar-refractivity contribution < 1.29 is 19.5 Å². The van der Waals surface area contributed by atoms with Crippen LogP contribution in [0.1, 0.15) is 29.3 Å². The quantitative estimate of drug-likeness (QED) is 0.386. The van der Waals surface area contributed by atoms with Crippen LogP contribution in [0.4, 0.5) is 0 Å². The van der Waals surface area contributed by atoms with Crippen molar-refractivity contribution in [3.8, 4) is 5.75 Å². The molecule has 3 N–H and O–H groups in total. The summed E-state index contributed by atoms with van der Waals surface area (Å²) in [5.41, 5.74) is 2.85. The summed E-state index contributed by atoms with van der Waals surface area (Å²) >= 11 is 0. The maximum absolute atomic E-state index is 12.0. The van der Waals surface area contributed by atoms with E-state index in [0.29, 0.717) is 17.9 Å². The van der Waals surface area contributed by atoms with Gasteiger partial charge in [0.1, 0.15) is 12.4 Å². The molecular formula is C20H22N2O4.